The molecule has 0 bridgehead atoms. The van der Waals surface area contributed by atoms with Crippen molar-refractivity contribution in [3.63, 3.8) is 0 Å². The van der Waals surface area contributed by atoms with Crippen LogP contribution in [0.3, 0.4) is 0 Å². The number of fused-ring (bicyclic) bond motifs is 3. The molecule has 2 heterocycles. The topological polar surface area (TPSA) is 37.8 Å². The second kappa shape index (κ2) is 3.54. The summed E-state index contributed by atoms with van der Waals surface area (Å²) in [5.74, 6) is 0.585. The van der Waals surface area contributed by atoms with Crippen LogP contribution in [-0.4, -0.2) is 9.55 Å². The fourth-order valence-electron chi connectivity index (χ4n) is 3.05. The predicted molar refractivity (Wildman–Crippen MR) is 76.1 cm³/mol. The van der Waals surface area contributed by atoms with Gasteiger partial charge in [0.15, 0.2) is 4.77 Å². The molecule has 1 fully saturated rings. The normalized spacial score (nSPS) is 25.6. The number of rotatable bonds is 1. The minimum atomic E-state index is 0.141. The molecule has 0 saturated heterocycles. The molecule has 94 valence electrons. The van der Waals surface area contributed by atoms with E-state index in [0.717, 1.165) is 29.5 Å². The minimum Gasteiger partial charge on any atom is -0.323 e. The summed E-state index contributed by atoms with van der Waals surface area (Å²) in [4.78, 5) is 18.3. The Morgan fingerprint density at radius 1 is 1.44 bits per heavy atom. The summed E-state index contributed by atoms with van der Waals surface area (Å²) in [7, 11) is 0. The van der Waals surface area contributed by atoms with Gasteiger partial charge in [-0.1, -0.05) is 6.92 Å². The van der Waals surface area contributed by atoms with Gasteiger partial charge in [-0.25, -0.2) is 0 Å². The summed E-state index contributed by atoms with van der Waals surface area (Å²) in [6.45, 7) is 2.17. The van der Waals surface area contributed by atoms with E-state index in [1.807, 2.05) is 4.57 Å². The average molecular weight is 278 g/mol. The Hall–Kier alpha value is -0.940. The number of aromatic amines is 1. The second-order valence-electron chi connectivity index (χ2n) is 5.45. The molecule has 5 heteroatoms. The molecule has 1 saturated carbocycles. The molecule has 2 aliphatic rings. The summed E-state index contributed by atoms with van der Waals surface area (Å²) >= 11 is 7.08. The summed E-state index contributed by atoms with van der Waals surface area (Å²) in [6, 6.07) is 0.322. The quantitative estimate of drug-likeness (QED) is 0.814. The van der Waals surface area contributed by atoms with Crippen molar-refractivity contribution >= 4 is 33.8 Å². The largest absolute Gasteiger partial charge is 0.323 e. The zero-order chi connectivity index (χ0) is 12.4. The first-order valence-electron chi connectivity index (χ1n) is 6.46. The van der Waals surface area contributed by atoms with E-state index < -0.39 is 0 Å². The Labute approximate surface area is 113 Å². The smallest absolute Gasteiger partial charge is 0.263 e. The molecule has 3 nitrogen and oxygen atoms in total. The molecule has 4 rings (SSSR count). The van der Waals surface area contributed by atoms with Crippen LogP contribution in [0.1, 0.15) is 36.2 Å². The Bertz CT molecular complexity index is 768. The van der Waals surface area contributed by atoms with Gasteiger partial charge in [0.05, 0.1) is 5.39 Å². The number of nitrogens with zero attached hydrogens (tertiary/aromatic N) is 1. The van der Waals surface area contributed by atoms with E-state index in [2.05, 4.69) is 11.9 Å². The van der Waals surface area contributed by atoms with Crippen molar-refractivity contribution in [2.45, 2.75) is 38.6 Å². The first-order chi connectivity index (χ1) is 8.66. The van der Waals surface area contributed by atoms with Gasteiger partial charge in [-0.05, 0) is 49.4 Å². The maximum Gasteiger partial charge on any atom is 0.263 e. The summed E-state index contributed by atoms with van der Waals surface area (Å²) in [5.41, 5.74) is 1.43. The van der Waals surface area contributed by atoms with E-state index in [9.17, 15) is 4.79 Å². The van der Waals surface area contributed by atoms with Gasteiger partial charge in [0, 0.05) is 10.9 Å². The van der Waals surface area contributed by atoms with E-state index >= 15 is 0 Å². The summed E-state index contributed by atoms with van der Waals surface area (Å²) in [5, 5.41) is 0.917. The van der Waals surface area contributed by atoms with Gasteiger partial charge >= 0.3 is 0 Å². The van der Waals surface area contributed by atoms with Crippen molar-refractivity contribution in [3.8, 4) is 0 Å². The lowest BCUT2D eigenvalue weighted by Crippen LogP contribution is -2.21. The van der Waals surface area contributed by atoms with Crippen molar-refractivity contribution in [2.24, 2.45) is 5.92 Å². The van der Waals surface area contributed by atoms with E-state index in [1.165, 1.54) is 16.9 Å². The predicted octanol–water partition coefficient (Wildman–Crippen LogP) is 3.19. The Morgan fingerprint density at radius 3 is 2.94 bits per heavy atom. The van der Waals surface area contributed by atoms with Crippen LogP contribution in [0, 0.1) is 10.7 Å². The summed E-state index contributed by atoms with van der Waals surface area (Å²) < 4.78 is 2.41. The van der Waals surface area contributed by atoms with Gasteiger partial charge in [-0.3, -0.25) is 9.36 Å². The van der Waals surface area contributed by atoms with Crippen molar-refractivity contribution in [3.05, 3.63) is 25.6 Å². The first kappa shape index (κ1) is 10.9. The Morgan fingerprint density at radius 2 is 2.22 bits per heavy atom. The number of aromatic nitrogens is 2. The number of thiophene rings is 1. The molecule has 2 aliphatic carbocycles. The van der Waals surface area contributed by atoms with Crippen LogP contribution in [0.25, 0.3) is 10.2 Å². The Kier molecular flexibility index (Phi) is 2.15. The highest BCUT2D eigenvalue weighted by molar-refractivity contribution is 7.71. The first-order valence-corrected chi connectivity index (χ1v) is 7.68. The zero-order valence-corrected chi connectivity index (χ0v) is 11.8. The minimum absolute atomic E-state index is 0.141. The molecule has 0 aliphatic heterocycles. The van der Waals surface area contributed by atoms with Crippen molar-refractivity contribution < 1.29 is 0 Å². The van der Waals surface area contributed by atoms with Crippen molar-refractivity contribution in [1.82, 2.24) is 9.55 Å². The monoisotopic (exact) mass is 278 g/mol. The van der Waals surface area contributed by atoms with E-state index in [0.29, 0.717) is 16.7 Å². The molecule has 2 aromatic heterocycles. The standard InChI is InChI=1S/C13H14N2OS2/c1-6-5-8(6)15-12(16)10-7-3-2-4-9(7)18-11(10)14-13(15)17/h6,8H,2-5H2,1H3,(H,14,17). The lowest BCUT2D eigenvalue weighted by atomic mass is 10.2. The van der Waals surface area contributed by atoms with Gasteiger partial charge < -0.3 is 4.98 Å². The molecule has 1 N–H and O–H groups in total. The number of hydrogen-bond acceptors (Lipinski definition) is 3. The zero-order valence-electron chi connectivity index (χ0n) is 10.2. The second-order valence-corrected chi connectivity index (χ2v) is 6.94. The maximum atomic E-state index is 12.7. The molecular formula is C13H14N2OS2. The van der Waals surface area contributed by atoms with Crippen LogP contribution < -0.4 is 5.56 Å². The molecule has 2 atom stereocenters. The van der Waals surface area contributed by atoms with E-state index in [1.54, 1.807) is 11.3 Å². The number of nitrogens with one attached hydrogen (secondary N) is 1. The molecule has 18 heavy (non-hydrogen) atoms. The van der Waals surface area contributed by atoms with Crippen LogP contribution in [0.5, 0.6) is 0 Å². The van der Waals surface area contributed by atoms with Gasteiger partial charge in [-0.15, -0.1) is 11.3 Å². The van der Waals surface area contributed by atoms with Crippen LogP contribution in [0.15, 0.2) is 4.79 Å². The molecular weight excluding hydrogens is 264 g/mol. The third-order valence-electron chi connectivity index (χ3n) is 4.19. The molecule has 0 amide bonds. The van der Waals surface area contributed by atoms with Crippen LogP contribution >= 0.6 is 23.6 Å². The average Bonchev–Trinajstić information content (AvgIpc) is 2.74. The fraction of sp³-hybridized carbons (Fsp3) is 0.538. The van der Waals surface area contributed by atoms with Gasteiger partial charge in [-0.2, -0.15) is 0 Å². The highest BCUT2D eigenvalue weighted by Crippen LogP contribution is 2.42. The third kappa shape index (κ3) is 1.34. The van der Waals surface area contributed by atoms with Crippen molar-refractivity contribution in [2.75, 3.05) is 0 Å². The molecule has 0 spiro atoms. The molecule has 2 unspecified atom stereocenters. The van der Waals surface area contributed by atoms with E-state index in [-0.39, 0.29) is 5.56 Å². The lowest BCUT2D eigenvalue weighted by Gasteiger charge is -2.05. The lowest BCUT2D eigenvalue weighted by molar-refractivity contribution is 0.642. The van der Waals surface area contributed by atoms with Crippen LogP contribution in [0.4, 0.5) is 0 Å². The highest BCUT2D eigenvalue weighted by atomic mass is 32.1. The van der Waals surface area contributed by atoms with E-state index in [4.69, 9.17) is 12.2 Å². The summed E-state index contributed by atoms with van der Waals surface area (Å²) in [6.07, 6.45) is 4.44. The van der Waals surface area contributed by atoms with Gasteiger partial charge in [0.1, 0.15) is 4.83 Å². The number of hydrogen-bond donors (Lipinski definition) is 1. The van der Waals surface area contributed by atoms with Crippen LogP contribution in [0.2, 0.25) is 0 Å². The fourth-order valence-corrected chi connectivity index (χ4v) is 4.72. The SMILES string of the molecule is CC1CC1n1c(=S)[nH]c2sc3c(c2c1=O)CCC3. The van der Waals surface area contributed by atoms with Gasteiger partial charge in [0.2, 0.25) is 0 Å². The maximum absolute atomic E-state index is 12.7. The molecule has 2 aromatic rings. The number of aryl methyl sites for hydroxylation is 2. The van der Waals surface area contributed by atoms with Crippen molar-refractivity contribution in [1.29, 1.82) is 0 Å². The molecule has 0 aromatic carbocycles. The van der Waals surface area contributed by atoms with Crippen LogP contribution in [-0.2, 0) is 12.8 Å². The van der Waals surface area contributed by atoms with Gasteiger partial charge in [0.25, 0.3) is 5.56 Å². The third-order valence-corrected chi connectivity index (χ3v) is 5.70. The Balaban J connectivity index is 2.09. The highest BCUT2D eigenvalue weighted by Gasteiger charge is 2.36. The molecule has 0 radical (unpaired) electrons. The number of H-pyrrole nitrogens is 1.